The normalized spacial score (nSPS) is 25.2. The fourth-order valence-electron chi connectivity index (χ4n) is 2.57. The average Bonchev–Trinajstić information content (AvgIpc) is 2.27. The van der Waals surface area contributed by atoms with Crippen molar-refractivity contribution in [2.75, 3.05) is 24.6 Å². The summed E-state index contributed by atoms with van der Waals surface area (Å²) in [5.41, 5.74) is 5.70. The molecule has 1 aliphatic heterocycles. The predicted molar refractivity (Wildman–Crippen MR) is 71.9 cm³/mol. The maximum atomic E-state index is 12.1. The molecule has 0 radical (unpaired) electrons. The van der Waals surface area contributed by atoms with Gasteiger partial charge in [0.25, 0.3) is 0 Å². The van der Waals surface area contributed by atoms with E-state index in [4.69, 9.17) is 5.73 Å². The second-order valence-corrected chi connectivity index (χ2v) is 7.29. The van der Waals surface area contributed by atoms with Crippen LogP contribution in [-0.4, -0.2) is 49.9 Å². The Morgan fingerprint density at radius 2 is 2.11 bits per heavy atom. The van der Waals surface area contributed by atoms with Crippen LogP contribution in [0.1, 0.15) is 33.1 Å². The molecule has 1 amide bonds. The van der Waals surface area contributed by atoms with Crippen molar-refractivity contribution in [2.45, 2.75) is 39.2 Å². The monoisotopic (exact) mass is 276 g/mol. The lowest BCUT2D eigenvalue weighted by molar-refractivity contribution is -0.133. The van der Waals surface area contributed by atoms with Crippen molar-refractivity contribution in [3.63, 3.8) is 0 Å². The second kappa shape index (κ2) is 6.52. The summed E-state index contributed by atoms with van der Waals surface area (Å²) in [5.74, 6) is -0.230. The first-order valence-electron chi connectivity index (χ1n) is 6.61. The van der Waals surface area contributed by atoms with Gasteiger partial charge in [-0.25, -0.2) is 8.42 Å². The maximum absolute atomic E-state index is 12.1. The van der Waals surface area contributed by atoms with Gasteiger partial charge in [0.2, 0.25) is 5.91 Å². The van der Waals surface area contributed by atoms with Crippen molar-refractivity contribution in [3.05, 3.63) is 0 Å². The molecular weight excluding hydrogens is 252 g/mol. The quantitative estimate of drug-likeness (QED) is 0.788. The lowest BCUT2D eigenvalue weighted by Crippen LogP contribution is -2.52. The summed E-state index contributed by atoms with van der Waals surface area (Å²) in [6.45, 7) is 4.90. The number of hydrogen-bond acceptors (Lipinski definition) is 4. The Kier molecular flexibility index (Phi) is 5.59. The SMILES string of the molecule is CCCS(=O)(=O)CC(=O)N1CCC[C@@H](C)[C@@H]1CN. The Hall–Kier alpha value is -0.620. The summed E-state index contributed by atoms with van der Waals surface area (Å²) in [6, 6.07) is -0.0110. The van der Waals surface area contributed by atoms with Gasteiger partial charge in [0.05, 0.1) is 5.75 Å². The zero-order valence-corrected chi connectivity index (χ0v) is 12.1. The number of nitrogens with two attached hydrogens (primary N) is 1. The fourth-order valence-corrected chi connectivity index (χ4v) is 3.88. The summed E-state index contributed by atoms with van der Waals surface area (Å²) >= 11 is 0. The van der Waals surface area contributed by atoms with Crippen molar-refractivity contribution < 1.29 is 13.2 Å². The zero-order chi connectivity index (χ0) is 13.8. The zero-order valence-electron chi connectivity index (χ0n) is 11.3. The van der Waals surface area contributed by atoms with Gasteiger partial charge in [-0.2, -0.15) is 0 Å². The molecule has 0 unspecified atom stereocenters. The molecule has 0 spiro atoms. The van der Waals surface area contributed by atoms with Gasteiger partial charge in [-0.1, -0.05) is 13.8 Å². The molecule has 1 rings (SSSR count). The molecule has 5 nitrogen and oxygen atoms in total. The van der Waals surface area contributed by atoms with Crippen LogP contribution in [0.4, 0.5) is 0 Å². The summed E-state index contributed by atoms with van der Waals surface area (Å²) in [6.07, 6.45) is 2.52. The molecule has 2 N–H and O–H groups in total. The van der Waals surface area contributed by atoms with Crippen molar-refractivity contribution in [2.24, 2.45) is 11.7 Å². The van der Waals surface area contributed by atoms with E-state index < -0.39 is 9.84 Å². The first-order chi connectivity index (χ1) is 8.41. The third-order valence-electron chi connectivity index (χ3n) is 3.54. The molecular formula is C12H24N2O3S. The second-order valence-electron chi connectivity index (χ2n) is 5.10. The average molecular weight is 276 g/mol. The van der Waals surface area contributed by atoms with Gasteiger partial charge in [-0.05, 0) is 25.2 Å². The number of carbonyl (C=O) groups excluding carboxylic acids is 1. The third kappa shape index (κ3) is 3.95. The van der Waals surface area contributed by atoms with Crippen molar-refractivity contribution in [1.82, 2.24) is 4.90 Å². The highest BCUT2D eigenvalue weighted by Gasteiger charge is 2.32. The van der Waals surface area contributed by atoms with Crippen molar-refractivity contribution in [1.29, 1.82) is 0 Å². The van der Waals surface area contributed by atoms with Gasteiger partial charge < -0.3 is 10.6 Å². The summed E-state index contributed by atoms with van der Waals surface area (Å²) in [7, 11) is -3.26. The van der Waals surface area contributed by atoms with Gasteiger partial charge in [0.1, 0.15) is 5.75 Å². The highest BCUT2D eigenvalue weighted by atomic mass is 32.2. The van der Waals surface area contributed by atoms with E-state index in [-0.39, 0.29) is 23.5 Å². The molecule has 106 valence electrons. The van der Waals surface area contributed by atoms with Crippen LogP contribution >= 0.6 is 0 Å². The molecule has 0 aliphatic carbocycles. The molecule has 0 aromatic heterocycles. The first-order valence-corrected chi connectivity index (χ1v) is 8.43. The Morgan fingerprint density at radius 1 is 1.44 bits per heavy atom. The van der Waals surface area contributed by atoms with Crippen LogP contribution in [0.2, 0.25) is 0 Å². The number of carbonyl (C=O) groups is 1. The third-order valence-corrected chi connectivity index (χ3v) is 5.25. The fraction of sp³-hybridized carbons (Fsp3) is 0.917. The molecule has 6 heteroatoms. The lowest BCUT2D eigenvalue weighted by Gasteiger charge is -2.39. The number of piperidine rings is 1. The van der Waals surface area contributed by atoms with Gasteiger partial charge in [-0.15, -0.1) is 0 Å². The minimum absolute atomic E-state index is 0.0110. The van der Waals surface area contributed by atoms with Gasteiger partial charge in [-0.3, -0.25) is 4.79 Å². The molecule has 1 fully saturated rings. The standard InChI is InChI=1S/C12H24N2O3S/c1-3-7-18(16,17)9-12(15)14-6-4-5-10(2)11(14)8-13/h10-11H,3-9,13H2,1-2H3/t10-,11+/m1/s1. The van der Waals surface area contributed by atoms with E-state index in [1.54, 1.807) is 11.8 Å². The molecule has 0 bridgehead atoms. The highest BCUT2D eigenvalue weighted by molar-refractivity contribution is 7.92. The number of sulfone groups is 1. The minimum Gasteiger partial charge on any atom is -0.337 e. The highest BCUT2D eigenvalue weighted by Crippen LogP contribution is 2.22. The van der Waals surface area contributed by atoms with Crippen molar-refractivity contribution >= 4 is 15.7 Å². The van der Waals surface area contributed by atoms with E-state index in [0.29, 0.717) is 25.4 Å². The lowest BCUT2D eigenvalue weighted by atomic mass is 9.91. The minimum atomic E-state index is -3.26. The summed E-state index contributed by atoms with van der Waals surface area (Å²) in [4.78, 5) is 13.8. The Morgan fingerprint density at radius 3 is 2.67 bits per heavy atom. The Balaban J connectivity index is 2.70. The molecule has 1 saturated heterocycles. The number of likely N-dealkylation sites (tertiary alicyclic amines) is 1. The van der Waals surface area contributed by atoms with Crippen LogP contribution in [0.25, 0.3) is 0 Å². The van der Waals surface area contributed by atoms with Crippen LogP contribution in [0.3, 0.4) is 0 Å². The smallest absolute Gasteiger partial charge is 0.238 e. The van der Waals surface area contributed by atoms with Crippen LogP contribution in [0.15, 0.2) is 0 Å². The Labute approximate surface area is 110 Å². The van der Waals surface area contributed by atoms with E-state index in [2.05, 4.69) is 6.92 Å². The van der Waals surface area contributed by atoms with Crippen LogP contribution < -0.4 is 5.73 Å². The van der Waals surface area contributed by atoms with Crippen LogP contribution in [0.5, 0.6) is 0 Å². The molecule has 0 aromatic carbocycles. The molecule has 1 heterocycles. The first kappa shape index (κ1) is 15.4. The van der Waals surface area contributed by atoms with E-state index >= 15 is 0 Å². The van der Waals surface area contributed by atoms with E-state index in [1.807, 2.05) is 0 Å². The number of hydrogen-bond donors (Lipinski definition) is 1. The van der Waals surface area contributed by atoms with Gasteiger partial charge in [0.15, 0.2) is 9.84 Å². The van der Waals surface area contributed by atoms with E-state index in [0.717, 1.165) is 12.8 Å². The van der Waals surface area contributed by atoms with E-state index in [1.165, 1.54) is 0 Å². The van der Waals surface area contributed by atoms with Gasteiger partial charge >= 0.3 is 0 Å². The van der Waals surface area contributed by atoms with Crippen molar-refractivity contribution in [3.8, 4) is 0 Å². The van der Waals surface area contributed by atoms with E-state index in [9.17, 15) is 13.2 Å². The Bertz CT molecular complexity index is 381. The topological polar surface area (TPSA) is 80.5 Å². The van der Waals surface area contributed by atoms with Crippen LogP contribution in [-0.2, 0) is 14.6 Å². The maximum Gasteiger partial charge on any atom is 0.238 e. The number of nitrogens with zero attached hydrogens (tertiary/aromatic N) is 1. The van der Waals surface area contributed by atoms with Crippen LogP contribution in [0, 0.1) is 5.92 Å². The predicted octanol–water partition coefficient (Wildman–Crippen LogP) is 0.397. The molecule has 0 aromatic rings. The summed E-state index contributed by atoms with van der Waals surface area (Å²) < 4.78 is 23.4. The molecule has 0 saturated carbocycles. The number of rotatable bonds is 5. The van der Waals surface area contributed by atoms with Gasteiger partial charge in [0, 0.05) is 19.1 Å². The molecule has 18 heavy (non-hydrogen) atoms. The summed E-state index contributed by atoms with van der Waals surface area (Å²) in [5, 5.41) is 0. The number of amides is 1. The largest absolute Gasteiger partial charge is 0.337 e. The molecule has 1 aliphatic rings. The molecule has 2 atom stereocenters.